The average Bonchev–Trinajstić information content (AvgIpc) is 3.02. The zero-order valence-corrected chi connectivity index (χ0v) is 16.9. The number of carbonyl (C=O) groups is 2. The van der Waals surface area contributed by atoms with Crippen molar-refractivity contribution in [3.05, 3.63) is 27.7 Å². The molecule has 0 radical (unpaired) electrons. The van der Waals surface area contributed by atoms with Crippen LogP contribution in [0.1, 0.15) is 37.4 Å². The summed E-state index contributed by atoms with van der Waals surface area (Å²) in [5, 5.41) is 30.4. The van der Waals surface area contributed by atoms with Crippen molar-refractivity contribution in [2.24, 2.45) is 11.8 Å². The number of likely N-dealkylation sites (tertiary alicyclic amines) is 2. The van der Waals surface area contributed by atoms with E-state index < -0.39 is 12.2 Å². The topological polar surface area (TPSA) is 101 Å². The molecule has 9 heteroatoms. The zero-order valence-electron chi connectivity index (χ0n) is 15.4. The monoisotopic (exact) mass is 430 g/mol. The second-order valence-corrected chi connectivity index (χ2v) is 8.31. The Morgan fingerprint density at radius 2 is 1.71 bits per heavy atom. The molecule has 2 saturated heterocycles. The molecule has 1 aromatic rings. The second kappa shape index (κ2) is 8.76. The van der Waals surface area contributed by atoms with E-state index in [2.05, 4.69) is 0 Å². The van der Waals surface area contributed by atoms with Gasteiger partial charge in [-0.3, -0.25) is 4.79 Å². The number of halogens is 2. The molecule has 0 saturated carbocycles. The molecule has 2 aliphatic heterocycles. The van der Waals surface area contributed by atoms with Gasteiger partial charge in [0.25, 0.3) is 0 Å². The predicted octanol–water partition coefficient (Wildman–Crippen LogP) is 3.36. The molecule has 1 aromatic carbocycles. The Morgan fingerprint density at radius 3 is 2.39 bits per heavy atom. The molecule has 154 valence electrons. The molecule has 7 nitrogen and oxygen atoms in total. The van der Waals surface area contributed by atoms with Gasteiger partial charge in [0.05, 0.1) is 22.1 Å². The Hall–Kier alpha value is -1.70. The Bertz CT molecular complexity index is 760. The molecule has 0 aliphatic carbocycles. The Labute approximate surface area is 173 Å². The first-order valence-corrected chi connectivity index (χ1v) is 10.2. The first kappa shape index (κ1) is 21.0. The van der Waals surface area contributed by atoms with Crippen LogP contribution in [-0.2, 0) is 4.79 Å². The SMILES string of the molecule is O=C(O)N1CC[C@H](C(=O)N2CCCC(C(O)c3cc(Cl)c(Cl)cc3O)CC2)C1. The van der Waals surface area contributed by atoms with Crippen molar-refractivity contribution in [3.8, 4) is 5.75 Å². The molecule has 0 bridgehead atoms. The maximum absolute atomic E-state index is 12.8. The fourth-order valence-electron chi connectivity index (χ4n) is 4.09. The zero-order chi connectivity index (χ0) is 20.4. The van der Waals surface area contributed by atoms with Gasteiger partial charge in [0.1, 0.15) is 5.75 Å². The van der Waals surface area contributed by atoms with Gasteiger partial charge < -0.3 is 25.1 Å². The molecule has 2 unspecified atom stereocenters. The minimum Gasteiger partial charge on any atom is -0.508 e. The van der Waals surface area contributed by atoms with E-state index in [0.717, 1.165) is 6.42 Å². The fourth-order valence-corrected chi connectivity index (χ4v) is 4.42. The van der Waals surface area contributed by atoms with Crippen LogP contribution in [-0.4, -0.2) is 63.3 Å². The minimum atomic E-state index is -0.990. The maximum Gasteiger partial charge on any atom is 0.407 e. The normalized spacial score (nSPS) is 24.1. The molecule has 3 rings (SSSR count). The number of phenolic OH excluding ortho intramolecular Hbond substituents is 1. The lowest BCUT2D eigenvalue weighted by Gasteiger charge is -2.25. The lowest BCUT2D eigenvalue weighted by Crippen LogP contribution is -2.38. The highest BCUT2D eigenvalue weighted by Crippen LogP contribution is 2.39. The third kappa shape index (κ3) is 4.47. The number of nitrogens with zero attached hydrogens (tertiary/aromatic N) is 2. The molecule has 2 aliphatic rings. The number of hydrogen-bond donors (Lipinski definition) is 3. The van der Waals surface area contributed by atoms with Crippen LogP contribution in [0, 0.1) is 11.8 Å². The van der Waals surface area contributed by atoms with Crippen LogP contribution in [0.4, 0.5) is 4.79 Å². The summed E-state index contributed by atoms with van der Waals surface area (Å²) in [7, 11) is 0. The molecule has 3 atom stereocenters. The van der Waals surface area contributed by atoms with E-state index in [1.807, 2.05) is 0 Å². The van der Waals surface area contributed by atoms with Gasteiger partial charge in [-0.15, -0.1) is 0 Å². The van der Waals surface area contributed by atoms with Gasteiger partial charge in [0, 0.05) is 37.8 Å². The Balaban J connectivity index is 1.63. The highest BCUT2D eigenvalue weighted by molar-refractivity contribution is 6.42. The number of phenols is 1. The van der Waals surface area contributed by atoms with Gasteiger partial charge in [-0.1, -0.05) is 23.2 Å². The van der Waals surface area contributed by atoms with Crippen molar-refractivity contribution in [1.82, 2.24) is 9.80 Å². The second-order valence-electron chi connectivity index (χ2n) is 7.50. The summed E-state index contributed by atoms with van der Waals surface area (Å²) in [4.78, 5) is 26.9. The largest absolute Gasteiger partial charge is 0.508 e. The number of carboxylic acid groups (broad SMARTS) is 1. The summed E-state index contributed by atoms with van der Waals surface area (Å²) in [5.41, 5.74) is 0.340. The molecule has 2 amide bonds. The molecule has 0 aromatic heterocycles. The van der Waals surface area contributed by atoms with Crippen LogP contribution in [0.25, 0.3) is 0 Å². The van der Waals surface area contributed by atoms with E-state index in [-0.39, 0.29) is 40.1 Å². The van der Waals surface area contributed by atoms with Crippen LogP contribution in [0.5, 0.6) is 5.75 Å². The van der Waals surface area contributed by atoms with Crippen LogP contribution < -0.4 is 0 Å². The number of aliphatic hydroxyl groups excluding tert-OH is 1. The van der Waals surface area contributed by atoms with Crippen molar-refractivity contribution < 1.29 is 24.9 Å². The number of hydrogen-bond acceptors (Lipinski definition) is 4. The van der Waals surface area contributed by atoms with Gasteiger partial charge in [0.15, 0.2) is 0 Å². The van der Waals surface area contributed by atoms with E-state index >= 15 is 0 Å². The summed E-state index contributed by atoms with van der Waals surface area (Å²) in [6.07, 6.45) is 0.670. The molecule has 2 heterocycles. The number of aliphatic hydroxyl groups is 1. The molecule has 3 N–H and O–H groups in total. The lowest BCUT2D eigenvalue weighted by atomic mass is 9.89. The van der Waals surface area contributed by atoms with Crippen molar-refractivity contribution >= 4 is 35.2 Å². The Morgan fingerprint density at radius 1 is 1.04 bits per heavy atom. The molecule has 0 spiro atoms. The quantitative estimate of drug-likeness (QED) is 0.682. The number of rotatable bonds is 3. The van der Waals surface area contributed by atoms with Gasteiger partial charge >= 0.3 is 6.09 Å². The van der Waals surface area contributed by atoms with Crippen LogP contribution in [0.2, 0.25) is 10.0 Å². The molecule has 28 heavy (non-hydrogen) atoms. The highest BCUT2D eigenvalue weighted by Gasteiger charge is 2.35. The number of benzene rings is 1. The fraction of sp³-hybridized carbons (Fsp3) is 0.579. The smallest absolute Gasteiger partial charge is 0.407 e. The molecular weight excluding hydrogens is 407 g/mol. The summed E-state index contributed by atoms with van der Waals surface area (Å²) < 4.78 is 0. The van der Waals surface area contributed by atoms with Crippen molar-refractivity contribution in [2.75, 3.05) is 26.2 Å². The minimum absolute atomic E-state index is 0.0173. The van der Waals surface area contributed by atoms with Crippen LogP contribution in [0.15, 0.2) is 12.1 Å². The highest BCUT2D eigenvalue weighted by atomic mass is 35.5. The van der Waals surface area contributed by atoms with Crippen molar-refractivity contribution in [1.29, 1.82) is 0 Å². The van der Waals surface area contributed by atoms with Crippen molar-refractivity contribution in [2.45, 2.75) is 31.8 Å². The van der Waals surface area contributed by atoms with Gasteiger partial charge in [-0.25, -0.2) is 4.79 Å². The third-order valence-electron chi connectivity index (χ3n) is 5.73. The van der Waals surface area contributed by atoms with E-state index in [4.69, 9.17) is 28.3 Å². The van der Waals surface area contributed by atoms with Gasteiger partial charge in [-0.2, -0.15) is 0 Å². The van der Waals surface area contributed by atoms with E-state index in [1.165, 1.54) is 17.0 Å². The van der Waals surface area contributed by atoms with Crippen molar-refractivity contribution in [3.63, 3.8) is 0 Å². The van der Waals surface area contributed by atoms with E-state index in [0.29, 0.717) is 44.5 Å². The first-order chi connectivity index (χ1) is 13.3. The summed E-state index contributed by atoms with van der Waals surface area (Å²) in [5.74, 6) is -0.535. The average molecular weight is 431 g/mol. The van der Waals surface area contributed by atoms with Gasteiger partial charge in [0.2, 0.25) is 5.91 Å². The summed E-state index contributed by atoms with van der Waals surface area (Å²) in [6, 6.07) is 2.81. The van der Waals surface area contributed by atoms with E-state index in [1.54, 1.807) is 4.90 Å². The molecular formula is C19H24Cl2N2O5. The lowest BCUT2D eigenvalue weighted by molar-refractivity contribution is -0.135. The number of aromatic hydroxyl groups is 1. The maximum atomic E-state index is 12.8. The number of carbonyl (C=O) groups excluding carboxylic acids is 1. The first-order valence-electron chi connectivity index (χ1n) is 9.40. The molecule has 2 fully saturated rings. The third-order valence-corrected chi connectivity index (χ3v) is 6.45. The van der Waals surface area contributed by atoms with E-state index in [9.17, 15) is 19.8 Å². The van der Waals surface area contributed by atoms with Crippen LogP contribution >= 0.6 is 23.2 Å². The van der Waals surface area contributed by atoms with Crippen LogP contribution in [0.3, 0.4) is 0 Å². The predicted molar refractivity (Wildman–Crippen MR) is 105 cm³/mol. The standard InChI is InChI=1S/C19H24Cl2N2O5/c20-14-8-13(16(24)9-15(14)21)17(25)11-2-1-5-22(6-3-11)18(26)12-4-7-23(10-12)19(27)28/h8-9,11-12,17,24-25H,1-7,10H2,(H,27,28)/t11?,12-,17?/m0/s1. The van der Waals surface area contributed by atoms with Gasteiger partial charge in [-0.05, 0) is 37.7 Å². The summed E-state index contributed by atoms with van der Waals surface area (Å²) >= 11 is 11.9. The Kier molecular flexibility index (Phi) is 6.58. The summed E-state index contributed by atoms with van der Waals surface area (Å²) in [6.45, 7) is 1.70. The number of amides is 2.